The molecule has 0 saturated carbocycles. The molecule has 0 unspecified atom stereocenters. The first-order valence-electron chi connectivity index (χ1n) is 10.7. The second kappa shape index (κ2) is 10.5. The Morgan fingerprint density at radius 2 is 1.69 bits per heavy atom. The Hall–Kier alpha value is -2.32. The van der Waals surface area contributed by atoms with Crippen LogP contribution in [0.3, 0.4) is 0 Å². The van der Waals surface area contributed by atoms with Crippen LogP contribution >= 0.6 is 24.8 Å². The maximum absolute atomic E-state index is 12.9. The number of hydrogen-bond donors (Lipinski definition) is 2. The monoisotopic (exact) mass is 477 g/mol. The standard InChI is InChI=1S/C23H27N5O2.2ClH/c24-23(27-11-9-25-10-12-27)26-22(29)16-5-6-19-18-3-1-2-4-20(18)28(21(19)15-16)17-7-13-30-14-8-17;;/h1-6,15,17,25H,7-14H2,(H2,24,26,29);2*1H. The summed E-state index contributed by atoms with van der Waals surface area (Å²) in [7, 11) is 0. The molecular weight excluding hydrogens is 449 g/mol. The highest BCUT2D eigenvalue weighted by Gasteiger charge is 2.22. The first-order valence-corrected chi connectivity index (χ1v) is 10.7. The van der Waals surface area contributed by atoms with E-state index in [-0.39, 0.29) is 30.7 Å². The number of halogens is 2. The molecule has 0 aliphatic carbocycles. The molecule has 9 heteroatoms. The molecule has 1 aromatic heterocycles. The van der Waals surface area contributed by atoms with Crippen molar-refractivity contribution < 1.29 is 9.53 Å². The smallest absolute Gasteiger partial charge is 0.280 e. The van der Waals surface area contributed by atoms with Gasteiger partial charge in [-0.15, -0.1) is 24.8 Å². The summed E-state index contributed by atoms with van der Waals surface area (Å²) in [5.41, 5.74) is 8.96. The zero-order valence-corrected chi connectivity index (χ0v) is 19.5. The maximum atomic E-state index is 12.9. The zero-order valence-electron chi connectivity index (χ0n) is 17.8. The first kappa shape index (κ1) is 24.3. The quantitative estimate of drug-likeness (QED) is 0.436. The van der Waals surface area contributed by atoms with Crippen molar-refractivity contribution in [3.63, 3.8) is 0 Å². The fraction of sp³-hybridized carbons (Fsp3) is 0.391. The van der Waals surface area contributed by atoms with Gasteiger partial charge in [0.2, 0.25) is 0 Å². The van der Waals surface area contributed by atoms with Crippen molar-refractivity contribution in [2.24, 2.45) is 10.7 Å². The van der Waals surface area contributed by atoms with Crippen molar-refractivity contribution in [1.29, 1.82) is 0 Å². The van der Waals surface area contributed by atoms with E-state index in [0.29, 0.717) is 17.6 Å². The number of aliphatic imine (C=N–C) groups is 1. The summed E-state index contributed by atoms with van der Waals surface area (Å²) in [6.45, 7) is 4.76. The van der Waals surface area contributed by atoms with E-state index < -0.39 is 0 Å². The lowest BCUT2D eigenvalue weighted by molar-refractivity contribution is 0.0717. The summed E-state index contributed by atoms with van der Waals surface area (Å²) in [6, 6.07) is 14.7. The fourth-order valence-electron chi connectivity index (χ4n) is 4.60. The van der Waals surface area contributed by atoms with Crippen LogP contribution in [0.5, 0.6) is 0 Å². The molecule has 5 rings (SSSR count). The Labute approximate surface area is 199 Å². The number of piperazine rings is 1. The second-order valence-corrected chi connectivity index (χ2v) is 7.97. The molecule has 2 saturated heterocycles. The van der Waals surface area contributed by atoms with Crippen LogP contribution in [0.1, 0.15) is 29.2 Å². The lowest BCUT2D eigenvalue weighted by Crippen LogP contribution is -2.49. The van der Waals surface area contributed by atoms with Crippen LogP contribution in [-0.2, 0) is 4.74 Å². The third kappa shape index (κ3) is 4.57. The SMILES string of the molecule is Cl.Cl.N/C(=N/C(=O)c1ccc2c3ccccc3n(C3CCOCC3)c2c1)N1CCNCC1. The van der Waals surface area contributed by atoms with Gasteiger partial charge in [0.15, 0.2) is 5.96 Å². The normalized spacial score (nSPS) is 17.8. The number of aromatic nitrogens is 1. The average molecular weight is 478 g/mol. The molecule has 0 spiro atoms. The number of carbonyl (C=O) groups excluding carboxylic acids is 1. The minimum Gasteiger partial charge on any atom is -0.381 e. The number of para-hydroxylation sites is 1. The van der Waals surface area contributed by atoms with Gasteiger partial charge in [0.25, 0.3) is 5.91 Å². The molecule has 3 aromatic rings. The van der Waals surface area contributed by atoms with E-state index >= 15 is 0 Å². The molecule has 0 radical (unpaired) electrons. The van der Waals surface area contributed by atoms with Crippen LogP contribution in [0.25, 0.3) is 21.8 Å². The largest absolute Gasteiger partial charge is 0.381 e. The summed E-state index contributed by atoms with van der Waals surface area (Å²) in [6.07, 6.45) is 1.94. The Morgan fingerprint density at radius 3 is 2.44 bits per heavy atom. The molecule has 2 fully saturated rings. The van der Waals surface area contributed by atoms with Gasteiger partial charge in [0.05, 0.1) is 5.52 Å². The molecule has 172 valence electrons. The van der Waals surface area contributed by atoms with Gasteiger partial charge in [-0.1, -0.05) is 24.3 Å². The van der Waals surface area contributed by atoms with Crippen molar-refractivity contribution in [2.75, 3.05) is 39.4 Å². The highest BCUT2D eigenvalue weighted by Crippen LogP contribution is 2.35. The van der Waals surface area contributed by atoms with E-state index in [1.165, 1.54) is 10.9 Å². The van der Waals surface area contributed by atoms with Gasteiger partial charge in [-0.05, 0) is 31.0 Å². The third-order valence-electron chi connectivity index (χ3n) is 6.17. The number of carbonyl (C=O) groups is 1. The predicted molar refractivity (Wildman–Crippen MR) is 133 cm³/mol. The van der Waals surface area contributed by atoms with Gasteiger partial charge in [-0.25, -0.2) is 0 Å². The minimum absolute atomic E-state index is 0. The maximum Gasteiger partial charge on any atom is 0.280 e. The number of hydrogen-bond acceptors (Lipinski definition) is 3. The Bertz CT molecular complexity index is 1120. The Balaban J connectivity index is 0.00000144. The van der Waals surface area contributed by atoms with Crippen LogP contribution in [0.15, 0.2) is 47.5 Å². The van der Waals surface area contributed by atoms with E-state index in [2.05, 4.69) is 39.1 Å². The summed E-state index contributed by atoms with van der Waals surface area (Å²) in [4.78, 5) is 19.1. The molecule has 1 amide bonds. The number of nitrogens with two attached hydrogens (primary N) is 1. The van der Waals surface area contributed by atoms with Gasteiger partial charge >= 0.3 is 0 Å². The average Bonchev–Trinajstić information content (AvgIpc) is 3.14. The lowest BCUT2D eigenvalue weighted by Gasteiger charge is -2.27. The van der Waals surface area contributed by atoms with Crippen LogP contribution in [-0.4, -0.2) is 60.7 Å². The minimum atomic E-state index is -0.295. The van der Waals surface area contributed by atoms with E-state index in [1.54, 1.807) is 0 Å². The van der Waals surface area contributed by atoms with Crippen LogP contribution in [0, 0.1) is 0 Å². The molecule has 2 aliphatic rings. The number of benzene rings is 2. The Kier molecular flexibility index (Phi) is 8.00. The summed E-state index contributed by atoms with van der Waals surface area (Å²) < 4.78 is 7.96. The lowest BCUT2D eigenvalue weighted by atomic mass is 10.1. The second-order valence-electron chi connectivity index (χ2n) is 7.97. The third-order valence-corrected chi connectivity index (χ3v) is 6.17. The Morgan fingerprint density at radius 1 is 1.00 bits per heavy atom. The number of nitrogens with one attached hydrogen (secondary N) is 1. The number of nitrogens with zero attached hydrogens (tertiary/aromatic N) is 3. The number of amides is 1. The summed E-state index contributed by atoms with van der Waals surface area (Å²) >= 11 is 0. The van der Waals surface area contributed by atoms with Crippen molar-refractivity contribution in [3.05, 3.63) is 48.0 Å². The van der Waals surface area contributed by atoms with E-state index in [0.717, 1.165) is 63.1 Å². The van der Waals surface area contributed by atoms with Gasteiger partial charge < -0.3 is 25.3 Å². The topological polar surface area (TPSA) is 84.9 Å². The number of rotatable bonds is 2. The van der Waals surface area contributed by atoms with Gasteiger partial charge in [-0.2, -0.15) is 4.99 Å². The molecule has 2 aliphatic heterocycles. The molecule has 32 heavy (non-hydrogen) atoms. The van der Waals surface area contributed by atoms with Gasteiger partial charge in [-0.3, -0.25) is 4.79 Å². The molecular formula is C23H29Cl2N5O2. The molecule has 0 bridgehead atoms. The number of guanidine groups is 1. The summed E-state index contributed by atoms with van der Waals surface area (Å²) in [5.74, 6) is 0.00304. The van der Waals surface area contributed by atoms with Crippen LogP contribution in [0.4, 0.5) is 0 Å². The molecule has 7 nitrogen and oxygen atoms in total. The zero-order chi connectivity index (χ0) is 20.5. The van der Waals surface area contributed by atoms with Crippen LogP contribution < -0.4 is 11.1 Å². The van der Waals surface area contributed by atoms with Crippen LogP contribution in [0.2, 0.25) is 0 Å². The van der Waals surface area contributed by atoms with E-state index in [1.807, 2.05) is 23.1 Å². The molecule has 0 atom stereocenters. The number of fused-ring (bicyclic) bond motifs is 3. The van der Waals surface area contributed by atoms with E-state index in [4.69, 9.17) is 10.5 Å². The molecule has 2 aromatic carbocycles. The van der Waals surface area contributed by atoms with Gasteiger partial charge in [0, 0.05) is 67.3 Å². The van der Waals surface area contributed by atoms with Crippen molar-refractivity contribution in [2.45, 2.75) is 18.9 Å². The highest BCUT2D eigenvalue weighted by atomic mass is 35.5. The van der Waals surface area contributed by atoms with Crippen molar-refractivity contribution in [3.8, 4) is 0 Å². The van der Waals surface area contributed by atoms with Crippen molar-refractivity contribution >= 4 is 58.5 Å². The fourth-order valence-corrected chi connectivity index (χ4v) is 4.60. The number of ether oxygens (including phenoxy) is 1. The molecule has 3 N–H and O–H groups in total. The predicted octanol–water partition coefficient (Wildman–Crippen LogP) is 3.35. The van der Waals surface area contributed by atoms with Gasteiger partial charge in [0.1, 0.15) is 0 Å². The van der Waals surface area contributed by atoms with Crippen molar-refractivity contribution in [1.82, 2.24) is 14.8 Å². The molecule has 3 heterocycles. The highest BCUT2D eigenvalue weighted by molar-refractivity contribution is 6.11. The van der Waals surface area contributed by atoms with E-state index in [9.17, 15) is 4.79 Å². The summed E-state index contributed by atoms with van der Waals surface area (Å²) in [5, 5.41) is 5.65. The first-order chi connectivity index (χ1) is 14.7.